The van der Waals surface area contributed by atoms with E-state index in [1.165, 1.54) is 11.6 Å². The number of carbonyl (C=O) groups excluding carboxylic acids is 1. The molecule has 0 saturated carbocycles. The maximum Gasteiger partial charge on any atom is 0.312 e. The van der Waals surface area contributed by atoms with Crippen molar-refractivity contribution in [2.75, 3.05) is 0 Å². The minimum atomic E-state index is -0.683. The molecule has 3 N–H and O–H groups in total. The third kappa shape index (κ3) is 1.87. The van der Waals surface area contributed by atoms with Crippen LogP contribution in [0.1, 0.15) is 24.4 Å². The van der Waals surface area contributed by atoms with E-state index >= 15 is 0 Å². The second-order valence-electron chi connectivity index (χ2n) is 3.41. The summed E-state index contributed by atoms with van der Waals surface area (Å²) in [5, 5.41) is 14.7. The number of hydrazine groups is 1. The van der Waals surface area contributed by atoms with Crippen molar-refractivity contribution in [2.45, 2.75) is 26.8 Å². The van der Waals surface area contributed by atoms with Crippen LogP contribution in [-0.4, -0.2) is 20.6 Å². The van der Waals surface area contributed by atoms with Crippen LogP contribution in [0, 0.1) is 24.0 Å². The number of hydrogen-bond donors (Lipinski definition) is 2. The molecule has 0 aliphatic heterocycles. The van der Waals surface area contributed by atoms with Crippen molar-refractivity contribution < 1.29 is 9.72 Å². The SMILES string of the molecule is Cc1nn([C@@H](C)C(=O)NN)c(C)c1[N+](=O)[O-]. The summed E-state index contributed by atoms with van der Waals surface area (Å²) in [5.41, 5.74) is 2.52. The van der Waals surface area contributed by atoms with Crippen LogP contribution in [0.4, 0.5) is 5.69 Å². The van der Waals surface area contributed by atoms with Gasteiger partial charge in [-0.3, -0.25) is 25.0 Å². The summed E-state index contributed by atoms with van der Waals surface area (Å²) < 4.78 is 1.29. The molecule has 0 fully saturated rings. The highest BCUT2D eigenvalue weighted by atomic mass is 16.6. The normalized spacial score (nSPS) is 12.2. The van der Waals surface area contributed by atoms with Crippen molar-refractivity contribution in [3.63, 3.8) is 0 Å². The maximum atomic E-state index is 11.3. The van der Waals surface area contributed by atoms with Crippen LogP contribution in [0.2, 0.25) is 0 Å². The highest BCUT2D eigenvalue weighted by Crippen LogP contribution is 2.24. The van der Waals surface area contributed by atoms with Crippen LogP contribution < -0.4 is 11.3 Å². The Morgan fingerprint density at radius 3 is 2.56 bits per heavy atom. The molecule has 0 radical (unpaired) electrons. The van der Waals surface area contributed by atoms with Gasteiger partial charge in [-0.1, -0.05) is 0 Å². The molecule has 0 unspecified atom stereocenters. The molecule has 0 spiro atoms. The van der Waals surface area contributed by atoms with Crippen LogP contribution in [0.5, 0.6) is 0 Å². The number of aromatic nitrogens is 2. The van der Waals surface area contributed by atoms with Crippen molar-refractivity contribution >= 4 is 11.6 Å². The minimum Gasteiger partial charge on any atom is -0.292 e. The summed E-state index contributed by atoms with van der Waals surface area (Å²) in [6, 6.07) is -0.683. The van der Waals surface area contributed by atoms with Gasteiger partial charge in [-0.05, 0) is 20.8 Å². The van der Waals surface area contributed by atoms with Gasteiger partial charge >= 0.3 is 5.69 Å². The van der Waals surface area contributed by atoms with Gasteiger partial charge in [0.2, 0.25) is 0 Å². The van der Waals surface area contributed by atoms with Gasteiger partial charge in [0.15, 0.2) is 0 Å². The van der Waals surface area contributed by atoms with Gasteiger partial charge < -0.3 is 0 Å². The largest absolute Gasteiger partial charge is 0.312 e. The van der Waals surface area contributed by atoms with Gasteiger partial charge in [0.1, 0.15) is 17.4 Å². The van der Waals surface area contributed by atoms with Crippen molar-refractivity contribution in [3.8, 4) is 0 Å². The number of nitrogens with one attached hydrogen (secondary N) is 1. The average molecular weight is 227 g/mol. The van der Waals surface area contributed by atoms with E-state index in [0.29, 0.717) is 5.69 Å². The van der Waals surface area contributed by atoms with Crippen LogP contribution >= 0.6 is 0 Å². The summed E-state index contributed by atoms with van der Waals surface area (Å²) in [4.78, 5) is 21.5. The van der Waals surface area contributed by atoms with E-state index in [1.807, 2.05) is 5.43 Å². The van der Waals surface area contributed by atoms with Gasteiger partial charge in [-0.25, -0.2) is 5.84 Å². The number of hydrogen-bond acceptors (Lipinski definition) is 5. The van der Waals surface area contributed by atoms with Gasteiger partial charge in [-0.2, -0.15) is 5.10 Å². The fourth-order valence-corrected chi connectivity index (χ4v) is 1.53. The average Bonchev–Trinajstić information content (AvgIpc) is 2.51. The van der Waals surface area contributed by atoms with Gasteiger partial charge in [0.05, 0.1) is 4.92 Å². The van der Waals surface area contributed by atoms with Gasteiger partial charge in [0.25, 0.3) is 5.91 Å². The van der Waals surface area contributed by atoms with Crippen LogP contribution in [-0.2, 0) is 4.79 Å². The molecule has 1 rings (SSSR count). The van der Waals surface area contributed by atoms with Crippen molar-refractivity contribution in [2.24, 2.45) is 5.84 Å². The van der Waals surface area contributed by atoms with Gasteiger partial charge in [-0.15, -0.1) is 0 Å². The lowest BCUT2D eigenvalue weighted by Crippen LogP contribution is -2.36. The van der Waals surface area contributed by atoms with E-state index in [-0.39, 0.29) is 11.4 Å². The molecule has 1 heterocycles. The Kier molecular flexibility index (Phi) is 3.23. The van der Waals surface area contributed by atoms with Crippen molar-refractivity contribution in [1.29, 1.82) is 0 Å². The molecule has 16 heavy (non-hydrogen) atoms. The summed E-state index contributed by atoms with van der Waals surface area (Å²) >= 11 is 0. The van der Waals surface area contributed by atoms with E-state index in [9.17, 15) is 14.9 Å². The molecular formula is C8H13N5O3. The zero-order chi connectivity index (χ0) is 12.5. The molecule has 0 saturated heterocycles. The third-order valence-electron chi connectivity index (χ3n) is 2.36. The molecule has 1 aromatic rings. The smallest absolute Gasteiger partial charge is 0.292 e. The van der Waals surface area contributed by atoms with Crippen LogP contribution in [0.3, 0.4) is 0 Å². The summed E-state index contributed by atoms with van der Waals surface area (Å²) in [6.45, 7) is 4.62. The Morgan fingerprint density at radius 1 is 1.62 bits per heavy atom. The van der Waals surface area contributed by atoms with Gasteiger partial charge in [0, 0.05) is 0 Å². The lowest BCUT2D eigenvalue weighted by atomic mass is 10.3. The van der Waals surface area contributed by atoms with E-state index in [0.717, 1.165) is 0 Å². The summed E-state index contributed by atoms with van der Waals surface area (Å²) in [5.74, 6) is 4.53. The highest BCUT2D eigenvalue weighted by Gasteiger charge is 2.26. The molecule has 1 atom stereocenters. The molecule has 0 bridgehead atoms. The number of nitro groups is 1. The number of nitrogens with two attached hydrogens (primary N) is 1. The molecule has 0 aliphatic carbocycles. The molecular weight excluding hydrogens is 214 g/mol. The Morgan fingerprint density at radius 2 is 2.19 bits per heavy atom. The molecule has 0 aromatic carbocycles. The number of rotatable bonds is 3. The van der Waals surface area contributed by atoms with Crippen LogP contribution in [0.15, 0.2) is 0 Å². The summed E-state index contributed by atoms with van der Waals surface area (Å²) in [7, 11) is 0. The highest BCUT2D eigenvalue weighted by molar-refractivity contribution is 5.79. The fraction of sp³-hybridized carbons (Fsp3) is 0.500. The topological polar surface area (TPSA) is 116 Å². The predicted molar refractivity (Wildman–Crippen MR) is 55.4 cm³/mol. The van der Waals surface area contributed by atoms with E-state index in [2.05, 4.69) is 5.10 Å². The first-order valence-corrected chi connectivity index (χ1v) is 4.60. The molecule has 0 aliphatic rings. The molecule has 1 amide bonds. The van der Waals surface area contributed by atoms with E-state index in [4.69, 9.17) is 5.84 Å². The first-order valence-electron chi connectivity index (χ1n) is 4.60. The first-order chi connectivity index (χ1) is 7.40. The quantitative estimate of drug-likeness (QED) is 0.325. The number of amides is 1. The Hall–Kier alpha value is -1.96. The number of carbonyl (C=O) groups is 1. The molecule has 8 nitrogen and oxygen atoms in total. The molecule has 1 aromatic heterocycles. The number of nitrogens with zero attached hydrogens (tertiary/aromatic N) is 3. The Bertz CT molecular complexity index is 439. The second-order valence-corrected chi connectivity index (χ2v) is 3.41. The van der Waals surface area contributed by atoms with Crippen molar-refractivity contribution in [1.82, 2.24) is 15.2 Å². The Balaban J connectivity index is 3.22. The minimum absolute atomic E-state index is 0.0725. The lowest BCUT2D eigenvalue weighted by molar-refractivity contribution is -0.386. The van der Waals surface area contributed by atoms with E-state index in [1.54, 1.807) is 13.8 Å². The lowest BCUT2D eigenvalue weighted by Gasteiger charge is -2.11. The molecule has 88 valence electrons. The predicted octanol–water partition coefficient (Wildman–Crippen LogP) is -0.0410. The zero-order valence-corrected chi connectivity index (χ0v) is 9.22. The monoisotopic (exact) mass is 227 g/mol. The summed E-state index contributed by atoms with van der Waals surface area (Å²) in [6.07, 6.45) is 0. The molecule has 8 heteroatoms. The fourth-order valence-electron chi connectivity index (χ4n) is 1.53. The maximum absolute atomic E-state index is 11.3. The standard InChI is InChI=1S/C8H13N5O3/c1-4-7(13(15)16)5(2)12(11-4)6(3)8(14)10-9/h6H,9H2,1-3H3,(H,10,14)/t6-/m0/s1. The third-order valence-corrected chi connectivity index (χ3v) is 2.36. The van der Waals surface area contributed by atoms with Crippen LogP contribution in [0.25, 0.3) is 0 Å². The first kappa shape index (κ1) is 12.1. The second kappa shape index (κ2) is 4.27. The zero-order valence-electron chi connectivity index (χ0n) is 9.22. The Labute approximate surface area is 91.5 Å². The van der Waals surface area contributed by atoms with E-state index < -0.39 is 16.9 Å². The number of aryl methyl sites for hydroxylation is 1. The van der Waals surface area contributed by atoms with Crippen molar-refractivity contribution in [3.05, 3.63) is 21.5 Å².